The largest absolute Gasteiger partial charge is 0.341 e. The lowest BCUT2D eigenvalue weighted by Crippen LogP contribution is -2.27. The summed E-state index contributed by atoms with van der Waals surface area (Å²) in [6.07, 6.45) is 0.474. The Bertz CT molecular complexity index is 507. The van der Waals surface area contributed by atoms with E-state index in [1.54, 1.807) is 16.2 Å². The van der Waals surface area contributed by atoms with Gasteiger partial charge in [-0.05, 0) is 29.1 Å². The number of carbonyl (C=O) groups is 1. The fourth-order valence-electron chi connectivity index (χ4n) is 1.65. The lowest BCUT2D eigenvalue weighted by molar-refractivity contribution is -0.129. The lowest BCUT2D eigenvalue weighted by Gasteiger charge is -2.16. The van der Waals surface area contributed by atoms with Crippen molar-refractivity contribution in [1.29, 1.82) is 0 Å². The lowest BCUT2D eigenvalue weighted by atomic mass is 10.2. The van der Waals surface area contributed by atoms with Gasteiger partial charge in [-0.2, -0.15) is 0 Å². The Balaban J connectivity index is 1.93. The van der Waals surface area contributed by atoms with Gasteiger partial charge < -0.3 is 4.90 Å². The number of thiophene rings is 1. The molecule has 94 valence electrons. The van der Waals surface area contributed by atoms with Crippen LogP contribution in [0.4, 0.5) is 0 Å². The third kappa shape index (κ3) is 3.59. The molecule has 2 rings (SSSR count). The number of halogens is 1. The van der Waals surface area contributed by atoms with Gasteiger partial charge in [-0.15, -0.1) is 11.3 Å². The number of nitrogens with zero attached hydrogens (tertiary/aromatic N) is 1. The van der Waals surface area contributed by atoms with Crippen LogP contribution >= 0.6 is 22.9 Å². The summed E-state index contributed by atoms with van der Waals surface area (Å²) in [6.45, 7) is 0.612. The maximum absolute atomic E-state index is 12.0. The Morgan fingerprint density at radius 3 is 2.61 bits per heavy atom. The van der Waals surface area contributed by atoms with Crippen molar-refractivity contribution >= 4 is 28.8 Å². The smallest absolute Gasteiger partial charge is 0.227 e. The van der Waals surface area contributed by atoms with Gasteiger partial charge in [-0.3, -0.25) is 4.79 Å². The van der Waals surface area contributed by atoms with Crippen LogP contribution in [0.1, 0.15) is 10.4 Å². The zero-order valence-corrected chi connectivity index (χ0v) is 11.7. The summed E-state index contributed by atoms with van der Waals surface area (Å²) in [4.78, 5) is 14.8. The van der Waals surface area contributed by atoms with E-state index in [1.807, 2.05) is 48.8 Å². The second-order valence-electron chi connectivity index (χ2n) is 4.13. The summed E-state index contributed by atoms with van der Waals surface area (Å²) in [5.74, 6) is 0.132. The molecule has 4 heteroatoms. The summed E-state index contributed by atoms with van der Waals surface area (Å²) < 4.78 is 0. The minimum atomic E-state index is 0.132. The first-order chi connectivity index (χ1) is 8.65. The Morgan fingerprint density at radius 1 is 1.28 bits per heavy atom. The van der Waals surface area contributed by atoms with Crippen LogP contribution in [0.2, 0.25) is 5.02 Å². The predicted octanol–water partition coefficient (Wildman–Crippen LogP) is 3.60. The maximum Gasteiger partial charge on any atom is 0.227 e. The highest BCUT2D eigenvalue weighted by atomic mass is 35.5. The molecule has 1 aromatic heterocycles. The van der Waals surface area contributed by atoms with Crippen LogP contribution in [0.15, 0.2) is 41.8 Å². The molecule has 0 aliphatic rings. The van der Waals surface area contributed by atoms with Crippen LogP contribution < -0.4 is 0 Å². The number of likely N-dealkylation sites (N-methyl/N-ethyl adjacent to an activating group) is 1. The Labute approximate surface area is 116 Å². The van der Waals surface area contributed by atoms with Crippen LogP contribution in [-0.4, -0.2) is 17.9 Å². The monoisotopic (exact) mass is 279 g/mol. The van der Waals surface area contributed by atoms with Gasteiger partial charge in [-0.25, -0.2) is 0 Å². The summed E-state index contributed by atoms with van der Waals surface area (Å²) in [5.41, 5.74) is 1.08. The van der Waals surface area contributed by atoms with Gasteiger partial charge in [-0.1, -0.05) is 29.8 Å². The molecule has 0 fully saturated rings. The third-order valence-corrected chi connectivity index (χ3v) is 3.79. The number of hydrogen-bond acceptors (Lipinski definition) is 2. The summed E-state index contributed by atoms with van der Waals surface area (Å²) >= 11 is 7.44. The van der Waals surface area contributed by atoms with E-state index < -0.39 is 0 Å². The van der Waals surface area contributed by atoms with Crippen molar-refractivity contribution in [3.8, 4) is 0 Å². The van der Waals surface area contributed by atoms with Crippen molar-refractivity contribution in [2.75, 3.05) is 7.05 Å². The van der Waals surface area contributed by atoms with E-state index in [2.05, 4.69) is 0 Å². The molecule has 0 spiro atoms. The molecular weight excluding hydrogens is 266 g/mol. The number of benzene rings is 1. The first-order valence-corrected chi connectivity index (χ1v) is 6.91. The Hall–Kier alpha value is -1.32. The highest BCUT2D eigenvalue weighted by molar-refractivity contribution is 7.10. The van der Waals surface area contributed by atoms with Gasteiger partial charge >= 0.3 is 0 Å². The van der Waals surface area contributed by atoms with Crippen molar-refractivity contribution in [2.24, 2.45) is 0 Å². The van der Waals surface area contributed by atoms with Crippen molar-refractivity contribution in [3.63, 3.8) is 0 Å². The van der Waals surface area contributed by atoms with E-state index in [9.17, 15) is 4.79 Å². The highest BCUT2D eigenvalue weighted by Gasteiger charge is 2.10. The van der Waals surface area contributed by atoms with E-state index in [0.717, 1.165) is 10.4 Å². The van der Waals surface area contributed by atoms with E-state index in [1.165, 1.54) is 0 Å². The second-order valence-corrected chi connectivity index (χ2v) is 5.60. The van der Waals surface area contributed by atoms with Gasteiger partial charge in [0.15, 0.2) is 0 Å². The molecule has 0 aliphatic carbocycles. The van der Waals surface area contributed by atoms with Crippen molar-refractivity contribution in [2.45, 2.75) is 13.0 Å². The van der Waals surface area contributed by atoms with Gasteiger partial charge in [0.05, 0.1) is 6.42 Å². The van der Waals surface area contributed by atoms with Crippen molar-refractivity contribution in [1.82, 2.24) is 4.90 Å². The van der Waals surface area contributed by atoms with Crippen molar-refractivity contribution < 1.29 is 4.79 Å². The molecule has 0 saturated heterocycles. The molecule has 18 heavy (non-hydrogen) atoms. The Morgan fingerprint density at radius 2 is 2.00 bits per heavy atom. The first kappa shape index (κ1) is 13.1. The van der Waals surface area contributed by atoms with Crippen LogP contribution in [0, 0.1) is 0 Å². The molecule has 2 nitrogen and oxygen atoms in total. The number of carbonyl (C=O) groups excluding carboxylic acids is 1. The van der Waals surface area contributed by atoms with Gasteiger partial charge in [0, 0.05) is 23.5 Å². The van der Waals surface area contributed by atoms with Crippen LogP contribution in [0.5, 0.6) is 0 Å². The molecule has 1 aromatic carbocycles. The summed E-state index contributed by atoms with van der Waals surface area (Å²) in [5, 5.41) is 2.70. The van der Waals surface area contributed by atoms with E-state index >= 15 is 0 Å². The molecule has 0 bridgehead atoms. The topological polar surface area (TPSA) is 20.3 Å². The number of amides is 1. The van der Waals surface area contributed by atoms with Crippen LogP contribution in [0.3, 0.4) is 0 Å². The SMILES string of the molecule is CN(Cc1ccc(Cl)cc1)C(=O)Cc1cccs1. The molecule has 0 saturated carbocycles. The second kappa shape index (κ2) is 6.03. The summed E-state index contributed by atoms with van der Waals surface area (Å²) in [7, 11) is 1.82. The molecule has 0 radical (unpaired) electrons. The molecular formula is C14H14ClNOS. The molecule has 0 atom stereocenters. The minimum absolute atomic E-state index is 0.132. The minimum Gasteiger partial charge on any atom is -0.341 e. The average molecular weight is 280 g/mol. The fraction of sp³-hybridized carbons (Fsp3) is 0.214. The summed E-state index contributed by atoms with van der Waals surface area (Å²) in [6, 6.07) is 11.5. The molecule has 0 aliphatic heterocycles. The van der Waals surface area contributed by atoms with Crippen LogP contribution in [0.25, 0.3) is 0 Å². The zero-order chi connectivity index (χ0) is 13.0. The first-order valence-electron chi connectivity index (χ1n) is 5.66. The Kier molecular flexibility index (Phi) is 4.39. The number of rotatable bonds is 4. The molecule has 1 amide bonds. The zero-order valence-electron chi connectivity index (χ0n) is 10.1. The maximum atomic E-state index is 12.0. The predicted molar refractivity (Wildman–Crippen MR) is 75.9 cm³/mol. The fourth-order valence-corrected chi connectivity index (χ4v) is 2.47. The van der Waals surface area contributed by atoms with E-state index in [0.29, 0.717) is 18.0 Å². The van der Waals surface area contributed by atoms with Gasteiger partial charge in [0.2, 0.25) is 5.91 Å². The number of hydrogen-bond donors (Lipinski definition) is 0. The van der Waals surface area contributed by atoms with Crippen molar-refractivity contribution in [3.05, 3.63) is 57.2 Å². The molecule has 1 heterocycles. The third-order valence-electron chi connectivity index (χ3n) is 2.66. The highest BCUT2D eigenvalue weighted by Crippen LogP contribution is 2.13. The van der Waals surface area contributed by atoms with Gasteiger partial charge in [0.25, 0.3) is 0 Å². The van der Waals surface area contributed by atoms with E-state index in [-0.39, 0.29) is 5.91 Å². The molecule has 0 unspecified atom stereocenters. The molecule has 0 N–H and O–H groups in total. The standard InChI is InChI=1S/C14H14ClNOS/c1-16(10-11-4-6-12(15)7-5-11)14(17)9-13-3-2-8-18-13/h2-8H,9-10H2,1H3. The van der Waals surface area contributed by atoms with Gasteiger partial charge in [0.1, 0.15) is 0 Å². The quantitative estimate of drug-likeness (QED) is 0.837. The van der Waals surface area contributed by atoms with Crippen LogP contribution in [-0.2, 0) is 17.8 Å². The average Bonchev–Trinajstić information content (AvgIpc) is 2.85. The van der Waals surface area contributed by atoms with E-state index in [4.69, 9.17) is 11.6 Å². The molecule has 2 aromatic rings. The normalized spacial score (nSPS) is 10.3.